The van der Waals surface area contributed by atoms with Crippen LogP contribution in [0.1, 0.15) is 6.42 Å². The Hall–Kier alpha value is -2.68. The number of carbonyl (C=O) groups excluding carboxylic acids is 3. The average molecular weight is 329 g/mol. The van der Waals surface area contributed by atoms with Crippen LogP contribution in [0.15, 0.2) is 18.2 Å². The molecule has 10 heteroatoms. The molecule has 0 saturated carbocycles. The number of non-ortho nitro benzene ring substituents is 1. The number of benzene rings is 1. The molecule has 0 heterocycles. The summed E-state index contributed by atoms with van der Waals surface area (Å²) in [7, 11) is 0. The Labute approximate surface area is 130 Å². The van der Waals surface area contributed by atoms with Crippen LogP contribution in [0, 0.1) is 10.1 Å². The lowest BCUT2D eigenvalue weighted by atomic mass is 10.2. The van der Waals surface area contributed by atoms with E-state index in [1.807, 2.05) is 0 Å². The first-order chi connectivity index (χ1) is 10.5. The zero-order valence-electron chi connectivity index (χ0n) is 11.3. The van der Waals surface area contributed by atoms with Crippen LogP contribution in [0.2, 0.25) is 5.02 Å². The Bertz CT molecular complexity index is 593. The highest BCUT2D eigenvalue weighted by atomic mass is 35.5. The summed E-state index contributed by atoms with van der Waals surface area (Å²) < 4.78 is 0. The highest BCUT2D eigenvalue weighted by molar-refractivity contribution is 6.41. The van der Waals surface area contributed by atoms with E-state index >= 15 is 0 Å². The van der Waals surface area contributed by atoms with Gasteiger partial charge in [-0.05, 0) is 12.5 Å². The van der Waals surface area contributed by atoms with Gasteiger partial charge in [-0.1, -0.05) is 11.6 Å². The van der Waals surface area contributed by atoms with Crippen molar-refractivity contribution in [2.24, 2.45) is 0 Å². The molecule has 9 nitrogen and oxygen atoms in total. The molecule has 118 valence electrons. The van der Waals surface area contributed by atoms with Crippen LogP contribution in [0.3, 0.4) is 0 Å². The molecule has 3 N–H and O–H groups in total. The van der Waals surface area contributed by atoms with Gasteiger partial charge in [0.25, 0.3) is 5.69 Å². The number of hydrogen-bond acceptors (Lipinski definition) is 5. The largest absolute Gasteiger partial charge is 0.359 e. The molecule has 1 rings (SSSR count). The van der Waals surface area contributed by atoms with Gasteiger partial charge in [-0.2, -0.15) is 0 Å². The number of nitro benzene ring substituents is 1. The number of rotatable bonds is 7. The second-order valence-electron chi connectivity index (χ2n) is 4.06. The summed E-state index contributed by atoms with van der Waals surface area (Å²) in [4.78, 5) is 43.2. The van der Waals surface area contributed by atoms with Crippen molar-refractivity contribution in [1.82, 2.24) is 10.6 Å². The number of nitrogens with zero attached hydrogens (tertiary/aromatic N) is 1. The topological polar surface area (TPSA) is 130 Å². The molecule has 0 unspecified atom stereocenters. The van der Waals surface area contributed by atoms with Crippen molar-refractivity contribution in [3.8, 4) is 0 Å². The summed E-state index contributed by atoms with van der Waals surface area (Å²) in [6.45, 7) is 0.553. The average Bonchev–Trinajstić information content (AvgIpc) is 2.48. The maximum atomic E-state index is 11.6. The van der Waals surface area contributed by atoms with E-state index in [1.165, 1.54) is 12.1 Å². The summed E-state index contributed by atoms with van der Waals surface area (Å²) in [5.74, 6) is -1.90. The third-order valence-electron chi connectivity index (χ3n) is 2.48. The molecule has 0 aliphatic carbocycles. The standard InChI is InChI=1S/C12H13ClN4O5/c13-9-3-2-8(17(21)22)6-10(9)16-12(20)11(19)15-5-1-4-14-7-18/h2-3,6-7H,1,4-5H2,(H,14,18)(H,15,19)(H,16,20). The van der Waals surface area contributed by atoms with Gasteiger partial charge in [-0.15, -0.1) is 0 Å². The van der Waals surface area contributed by atoms with Gasteiger partial charge in [0.15, 0.2) is 0 Å². The first-order valence-electron chi connectivity index (χ1n) is 6.16. The minimum Gasteiger partial charge on any atom is -0.359 e. The fraction of sp³-hybridized carbons (Fsp3) is 0.250. The SMILES string of the molecule is O=CNCCCNC(=O)C(=O)Nc1cc([N+](=O)[O-])ccc1Cl. The Morgan fingerprint density at radius 1 is 1.27 bits per heavy atom. The van der Waals surface area contributed by atoms with Gasteiger partial charge in [0, 0.05) is 25.2 Å². The van der Waals surface area contributed by atoms with Crippen LogP contribution in [0.5, 0.6) is 0 Å². The minimum absolute atomic E-state index is 0.0290. The fourth-order valence-electron chi connectivity index (χ4n) is 1.43. The van der Waals surface area contributed by atoms with Crippen LogP contribution in [-0.4, -0.2) is 36.2 Å². The minimum atomic E-state index is -0.995. The highest BCUT2D eigenvalue weighted by Gasteiger charge is 2.16. The van der Waals surface area contributed by atoms with Gasteiger partial charge in [0.1, 0.15) is 0 Å². The molecular formula is C12H13ClN4O5. The first-order valence-corrected chi connectivity index (χ1v) is 6.53. The Morgan fingerprint density at radius 3 is 2.64 bits per heavy atom. The fourth-order valence-corrected chi connectivity index (χ4v) is 1.60. The molecule has 0 saturated heterocycles. The second kappa shape index (κ2) is 8.57. The molecule has 0 aliphatic rings. The van der Waals surface area contributed by atoms with Crippen LogP contribution in [0.25, 0.3) is 0 Å². The Morgan fingerprint density at radius 2 is 2.00 bits per heavy atom. The zero-order chi connectivity index (χ0) is 16.5. The van der Waals surface area contributed by atoms with Crippen LogP contribution >= 0.6 is 11.6 Å². The third kappa shape index (κ3) is 5.37. The van der Waals surface area contributed by atoms with E-state index in [4.69, 9.17) is 11.6 Å². The normalized spacial score (nSPS) is 9.68. The van der Waals surface area contributed by atoms with Crippen molar-refractivity contribution in [2.45, 2.75) is 6.42 Å². The van der Waals surface area contributed by atoms with Gasteiger partial charge in [0.2, 0.25) is 6.41 Å². The van der Waals surface area contributed by atoms with Crippen LogP contribution in [0.4, 0.5) is 11.4 Å². The molecule has 0 bridgehead atoms. The quantitative estimate of drug-likeness (QED) is 0.220. The van der Waals surface area contributed by atoms with Gasteiger partial charge < -0.3 is 16.0 Å². The van der Waals surface area contributed by atoms with E-state index in [0.29, 0.717) is 19.4 Å². The lowest BCUT2D eigenvalue weighted by Crippen LogP contribution is -2.36. The van der Waals surface area contributed by atoms with Crippen molar-refractivity contribution in [1.29, 1.82) is 0 Å². The first kappa shape index (κ1) is 17.4. The predicted molar refractivity (Wildman–Crippen MR) is 78.4 cm³/mol. The highest BCUT2D eigenvalue weighted by Crippen LogP contribution is 2.26. The molecule has 1 aromatic rings. The molecule has 0 atom stereocenters. The monoisotopic (exact) mass is 328 g/mol. The molecule has 3 amide bonds. The molecule has 0 radical (unpaired) electrons. The zero-order valence-corrected chi connectivity index (χ0v) is 12.1. The van der Waals surface area contributed by atoms with Gasteiger partial charge >= 0.3 is 11.8 Å². The lowest BCUT2D eigenvalue weighted by molar-refractivity contribution is -0.384. The van der Waals surface area contributed by atoms with Crippen molar-refractivity contribution < 1.29 is 19.3 Å². The van der Waals surface area contributed by atoms with Crippen LogP contribution < -0.4 is 16.0 Å². The molecule has 0 fully saturated rings. The van der Waals surface area contributed by atoms with Gasteiger partial charge in [-0.3, -0.25) is 24.5 Å². The molecular weight excluding hydrogens is 316 g/mol. The van der Waals surface area contributed by atoms with Crippen molar-refractivity contribution >= 4 is 41.2 Å². The number of carbonyl (C=O) groups is 3. The smallest absolute Gasteiger partial charge is 0.313 e. The summed E-state index contributed by atoms with van der Waals surface area (Å²) in [6, 6.07) is 3.48. The van der Waals surface area contributed by atoms with E-state index in [0.717, 1.165) is 6.07 Å². The van der Waals surface area contributed by atoms with Gasteiger partial charge in [-0.25, -0.2) is 0 Å². The van der Waals surface area contributed by atoms with Crippen molar-refractivity contribution in [2.75, 3.05) is 18.4 Å². The number of anilines is 1. The Balaban J connectivity index is 2.57. The summed E-state index contributed by atoms with van der Waals surface area (Å²) in [6.07, 6.45) is 0.980. The number of nitrogens with one attached hydrogen (secondary N) is 3. The molecule has 0 aromatic heterocycles. The van der Waals surface area contributed by atoms with Crippen molar-refractivity contribution in [3.05, 3.63) is 33.3 Å². The maximum Gasteiger partial charge on any atom is 0.313 e. The van der Waals surface area contributed by atoms with Crippen LogP contribution in [-0.2, 0) is 14.4 Å². The Kier molecular flexibility index (Phi) is 6.77. The summed E-state index contributed by atoms with van der Waals surface area (Å²) in [5, 5.41) is 17.7. The number of amides is 3. The molecule has 0 aliphatic heterocycles. The van der Waals surface area contributed by atoms with E-state index < -0.39 is 16.7 Å². The predicted octanol–water partition coefficient (Wildman–Crippen LogP) is 0.439. The lowest BCUT2D eigenvalue weighted by Gasteiger charge is -2.07. The second-order valence-corrected chi connectivity index (χ2v) is 4.46. The summed E-state index contributed by atoms with van der Waals surface area (Å²) >= 11 is 5.80. The van der Waals surface area contributed by atoms with E-state index in [9.17, 15) is 24.5 Å². The number of halogens is 1. The third-order valence-corrected chi connectivity index (χ3v) is 2.81. The van der Waals surface area contributed by atoms with E-state index in [1.54, 1.807) is 0 Å². The van der Waals surface area contributed by atoms with Gasteiger partial charge in [0.05, 0.1) is 15.6 Å². The molecule has 22 heavy (non-hydrogen) atoms. The molecule has 0 spiro atoms. The maximum absolute atomic E-state index is 11.6. The van der Waals surface area contributed by atoms with Crippen molar-refractivity contribution in [3.63, 3.8) is 0 Å². The molecule has 1 aromatic carbocycles. The van der Waals surface area contributed by atoms with E-state index in [2.05, 4.69) is 16.0 Å². The number of nitro groups is 1. The summed E-state index contributed by atoms with van der Waals surface area (Å²) in [5.41, 5.74) is -0.293. The van der Waals surface area contributed by atoms with E-state index in [-0.39, 0.29) is 22.9 Å². The number of hydrogen-bond donors (Lipinski definition) is 3.